The van der Waals surface area contributed by atoms with Crippen LogP contribution in [0, 0.1) is 0 Å². The van der Waals surface area contributed by atoms with Gasteiger partial charge in [-0.05, 0) is 36.8 Å². The Hall–Kier alpha value is -3.72. The lowest BCUT2D eigenvalue weighted by atomic mass is 10.1. The van der Waals surface area contributed by atoms with Crippen LogP contribution in [0.25, 0.3) is 23.0 Å². The summed E-state index contributed by atoms with van der Waals surface area (Å²) < 4.78 is 24.4. The highest BCUT2D eigenvalue weighted by Gasteiger charge is 2.28. The number of para-hydroxylation sites is 1. The second kappa shape index (κ2) is 8.19. The molecule has 2 aromatic heterocycles. The zero-order valence-electron chi connectivity index (χ0n) is 17.2. The summed E-state index contributed by atoms with van der Waals surface area (Å²) in [6, 6.07) is 15.4. The fourth-order valence-corrected chi connectivity index (χ4v) is 3.58. The van der Waals surface area contributed by atoms with Crippen LogP contribution in [0.1, 0.15) is 24.3 Å². The zero-order valence-corrected chi connectivity index (χ0v) is 17.2. The Balaban J connectivity index is 1.41. The molecule has 5 rings (SSSR count). The van der Waals surface area contributed by atoms with Gasteiger partial charge in [0, 0.05) is 0 Å². The predicted octanol–water partition coefficient (Wildman–Crippen LogP) is 3.67. The van der Waals surface area contributed by atoms with Crippen LogP contribution in [0.3, 0.4) is 0 Å². The number of fused-ring (bicyclic) bond motifs is 1. The molecule has 0 radical (unpaired) electrons. The van der Waals surface area contributed by atoms with E-state index in [2.05, 4.69) is 20.5 Å². The van der Waals surface area contributed by atoms with Crippen molar-refractivity contribution in [2.24, 2.45) is 0 Å². The minimum absolute atomic E-state index is 0.145. The van der Waals surface area contributed by atoms with Gasteiger partial charge in [-0.2, -0.15) is 4.98 Å². The summed E-state index contributed by atoms with van der Waals surface area (Å²) in [5.41, 5.74) is 3.11. The van der Waals surface area contributed by atoms with Crippen molar-refractivity contribution in [2.45, 2.75) is 26.2 Å². The van der Waals surface area contributed by atoms with Crippen molar-refractivity contribution in [3.63, 3.8) is 0 Å². The van der Waals surface area contributed by atoms with Crippen molar-refractivity contribution in [1.29, 1.82) is 0 Å². The van der Waals surface area contributed by atoms with Crippen LogP contribution in [0.15, 0.2) is 53.1 Å². The van der Waals surface area contributed by atoms with E-state index in [1.165, 1.54) is 0 Å². The van der Waals surface area contributed by atoms with Crippen LogP contribution in [-0.2, 0) is 17.9 Å². The number of hydrogen-bond acceptors (Lipinski definition) is 8. The van der Waals surface area contributed by atoms with Crippen molar-refractivity contribution in [3.05, 3.63) is 59.8 Å². The Bertz CT molecular complexity index is 1200. The van der Waals surface area contributed by atoms with Crippen molar-refractivity contribution in [1.82, 2.24) is 25.1 Å². The molecule has 0 saturated heterocycles. The van der Waals surface area contributed by atoms with Crippen molar-refractivity contribution >= 4 is 0 Å². The maximum absolute atomic E-state index is 6.09. The summed E-state index contributed by atoms with van der Waals surface area (Å²) in [5.74, 6) is 2.22. The Morgan fingerprint density at radius 1 is 1.16 bits per heavy atom. The predicted molar refractivity (Wildman–Crippen MR) is 110 cm³/mol. The monoisotopic (exact) mass is 419 g/mol. The quantitative estimate of drug-likeness (QED) is 0.467. The first-order valence-corrected chi connectivity index (χ1v) is 10.0. The third kappa shape index (κ3) is 3.64. The molecular weight excluding hydrogens is 398 g/mol. The molecule has 9 heteroatoms. The lowest BCUT2D eigenvalue weighted by molar-refractivity contribution is -0.00127. The highest BCUT2D eigenvalue weighted by molar-refractivity contribution is 5.65. The summed E-state index contributed by atoms with van der Waals surface area (Å²) in [6.45, 7) is 3.34. The fraction of sp³-hybridized carbons (Fsp3) is 0.273. The van der Waals surface area contributed by atoms with Gasteiger partial charge in [0.15, 0.2) is 5.69 Å². The van der Waals surface area contributed by atoms with Gasteiger partial charge in [0.2, 0.25) is 5.82 Å². The van der Waals surface area contributed by atoms with Crippen LogP contribution in [0.2, 0.25) is 0 Å². The van der Waals surface area contributed by atoms with Gasteiger partial charge in [0.05, 0.1) is 38.1 Å². The Kier molecular flexibility index (Phi) is 5.09. The number of aromatic nitrogens is 5. The fourth-order valence-electron chi connectivity index (χ4n) is 3.58. The first-order chi connectivity index (χ1) is 15.3. The molecule has 0 amide bonds. The van der Waals surface area contributed by atoms with Crippen LogP contribution in [0.4, 0.5) is 0 Å². The Morgan fingerprint density at radius 3 is 2.94 bits per heavy atom. The van der Waals surface area contributed by atoms with E-state index in [4.69, 9.17) is 18.7 Å². The van der Waals surface area contributed by atoms with E-state index in [9.17, 15) is 0 Å². The minimum Gasteiger partial charge on any atom is -0.497 e. The molecule has 2 aromatic carbocycles. The van der Waals surface area contributed by atoms with Crippen LogP contribution in [-0.4, -0.2) is 38.9 Å². The van der Waals surface area contributed by atoms with Crippen molar-refractivity contribution in [3.8, 4) is 34.5 Å². The second-order valence-electron chi connectivity index (χ2n) is 7.00. The number of nitrogens with zero attached hydrogens (tertiary/aromatic N) is 5. The molecule has 0 bridgehead atoms. The number of hydrogen-bond donors (Lipinski definition) is 0. The standard InChI is InChI=1S/C22H21N5O4/c1-3-29-18-10-5-4-9-16(18)21-23-22(31-25-21)20-17-13-30-19(12-27(17)26-24-20)14-7-6-8-15(11-14)28-2/h4-11,19H,3,12-13H2,1-2H3. The molecule has 1 aliphatic heterocycles. The van der Waals surface area contributed by atoms with Crippen LogP contribution >= 0.6 is 0 Å². The molecule has 0 N–H and O–H groups in total. The van der Waals surface area contributed by atoms with Gasteiger partial charge in [-0.15, -0.1) is 5.10 Å². The third-order valence-electron chi connectivity index (χ3n) is 5.12. The van der Waals surface area contributed by atoms with Gasteiger partial charge in [-0.3, -0.25) is 0 Å². The molecule has 0 spiro atoms. The van der Waals surface area contributed by atoms with E-state index in [1.54, 1.807) is 7.11 Å². The van der Waals surface area contributed by atoms with E-state index >= 15 is 0 Å². The first kappa shape index (κ1) is 19.3. The molecule has 0 aliphatic carbocycles. The van der Waals surface area contributed by atoms with Gasteiger partial charge in [-0.25, -0.2) is 4.68 Å². The van der Waals surface area contributed by atoms with Crippen LogP contribution < -0.4 is 9.47 Å². The normalized spacial score (nSPS) is 15.5. The lowest BCUT2D eigenvalue weighted by Gasteiger charge is -2.24. The van der Waals surface area contributed by atoms with E-state index in [0.717, 1.165) is 22.6 Å². The lowest BCUT2D eigenvalue weighted by Crippen LogP contribution is -2.22. The molecule has 31 heavy (non-hydrogen) atoms. The molecule has 4 aromatic rings. The van der Waals surface area contributed by atoms with Gasteiger partial charge in [-0.1, -0.05) is 34.6 Å². The van der Waals surface area contributed by atoms with Gasteiger partial charge >= 0.3 is 0 Å². The average molecular weight is 419 g/mol. The molecule has 9 nitrogen and oxygen atoms in total. The number of methoxy groups -OCH3 is 1. The molecule has 1 aliphatic rings. The molecule has 0 fully saturated rings. The summed E-state index contributed by atoms with van der Waals surface area (Å²) in [4.78, 5) is 4.53. The van der Waals surface area contributed by atoms with Crippen molar-refractivity contribution < 1.29 is 18.7 Å². The largest absolute Gasteiger partial charge is 0.497 e. The average Bonchev–Trinajstić information content (AvgIpc) is 3.46. The highest BCUT2D eigenvalue weighted by Crippen LogP contribution is 2.33. The number of rotatable bonds is 6. The van der Waals surface area contributed by atoms with Gasteiger partial charge in [0.1, 0.15) is 17.6 Å². The van der Waals surface area contributed by atoms with E-state index < -0.39 is 0 Å². The number of ether oxygens (including phenoxy) is 3. The smallest absolute Gasteiger partial charge is 0.280 e. The molecular formula is C22H21N5O4. The molecule has 0 saturated carbocycles. The molecule has 1 unspecified atom stereocenters. The third-order valence-corrected chi connectivity index (χ3v) is 5.12. The van der Waals surface area contributed by atoms with Crippen LogP contribution in [0.5, 0.6) is 11.5 Å². The Morgan fingerprint density at radius 2 is 2.06 bits per heavy atom. The Labute approximate surface area is 178 Å². The van der Waals surface area contributed by atoms with E-state index in [-0.39, 0.29) is 6.10 Å². The summed E-state index contributed by atoms with van der Waals surface area (Å²) in [6.07, 6.45) is -0.145. The topological polar surface area (TPSA) is 97.3 Å². The molecule has 158 valence electrons. The minimum atomic E-state index is -0.145. The highest BCUT2D eigenvalue weighted by atomic mass is 16.5. The maximum atomic E-state index is 6.09. The zero-order chi connectivity index (χ0) is 21.2. The number of benzene rings is 2. The molecule has 1 atom stereocenters. The van der Waals surface area contributed by atoms with Crippen molar-refractivity contribution in [2.75, 3.05) is 13.7 Å². The van der Waals surface area contributed by atoms with Gasteiger partial charge in [0.25, 0.3) is 5.89 Å². The molecule has 3 heterocycles. The summed E-state index contributed by atoms with van der Waals surface area (Å²) in [5, 5.41) is 12.7. The first-order valence-electron chi connectivity index (χ1n) is 10.0. The van der Waals surface area contributed by atoms with Gasteiger partial charge < -0.3 is 18.7 Å². The summed E-state index contributed by atoms with van der Waals surface area (Å²) in [7, 11) is 1.65. The summed E-state index contributed by atoms with van der Waals surface area (Å²) >= 11 is 0. The SMILES string of the molecule is CCOc1ccccc1-c1noc(-c2nnn3c2COC(c2cccc(OC)c2)C3)n1. The maximum Gasteiger partial charge on any atom is 0.280 e. The van der Waals surface area contributed by atoms with E-state index in [1.807, 2.05) is 60.1 Å². The van der Waals surface area contributed by atoms with E-state index in [0.29, 0.717) is 42.9 Å². The second-order valence-corrected chi connectivity index (χ2v) is 7.00.